The highest BCUT2D eigenvalue weighted by Crippen LogP contribution is 2.23. The molecule has 0 fully saturated rings. The van der Waals surface area contributed by atoms with Crippen LogP contribution in [-0.2, 0) is 9.53 Å². The van der Waals surface area contributed by atoms with Gasteiger partial charge in [-0.15, -0.1) is 0 Å². The van der Waals surface area contributed by atoms with Crippen LogP contribution in [0.5, 0.6) is 17.2 Å². The van der Waals surface area contributed by atoms with Crippen molar-refractivity contribution in [3.63, 3.8) is 0 Å². The average molecular weight is 370 g/mol. The Kier molecular flexibility index (Phi) is 7.43. The van der Waals surface area contributed by atoms with Crippen LogP contribution in [0.15, 0.2) is 48.5 Å². The van der Waals surface area contributed by atoms with Crippen molar-refractivity contribution in [2.24, 2.45) is 0 Å². The van der Waals surface area contributed by atoms with Crippen molar-refractivity contribution < 1.29 is 28.5 Å². The van der Waals surface area contributed by atoms with Crippen molar-refractivity contribution >= 4 is 17.8 Å². The van der Waals surface area contributed by atoms with Crippen molar-refractivity contribution in [2.75, 3.05) is 27.4 Å². The van der Waals surface area contributed by atoms with Gasteiger partial charge >= 0.3 is 5.97 Å². The maximum atomic E-state index is 12.1. The summed E-state index contributed by atoms with van der Waals surface area (Å²) >= 11 is 0. The van der Waals surface area contributed by atoms with Crippen LogP contribution in [0.2, 0.25) is 0 Å². The van der Waals surface area contributed by atoms with E-state index in [9.17, 15) is 9.59 Å². The Morgan fingerprint density at radius 1 is 0.926 bits per heavy atom. The highest BCUT2D eigenvalue weighted by Gasteiger charge is 2.09. The van der Waals surface area contributed by atoms with E-state index in [-0.39, 0.29) is 12.4 Å². The molecule has 0 aliphatic rings. The Morgan fingerprint density at radius 2 is 1.56 bits per heavy atom. The molecule has 0 aromatic heterocycles. The second-order valence-electron chi connectivity index (χ2n) is 5.47. The zero-order valence-corrected chi connectivity index (χ0v) is 15.6. The fourth-order valence-corrected chi connectivity index (χ4v) is 2.26. The first-order valence-electron chi connectivity index (χ1n) is 8.39. The van der Waals surface area contributed by atoms with Gasteiger partial charge in [0.2, 0.25) is 0 Å². The summed E-state index contributed by atoms with van der Waals surface area (Å²) < 4.78 is 20.7. The summed E-state index contributed by atoms with van der Waals surface area (Å²) in [6.07, 6.45) is 2.81. The molecule has 27 heavy (non-hydrogen) atoms. The minimum absolute atomic E-state index is 0.289. The third kappa shape index (κ3) is 6.18. The highest BCUT2D eigenvalue weighted by molar-refractivity contribution is 5.99. The number of benzene rings is 2. The predicted molar refractivity (Wildman–Crippen MR) is 101 cm³/mol. The van der Waals surface area contributed by atoms with Crippen molar-refractivity contribution in [2.45, 2.75) is 6.92 Å². The SMILES string of the molecule is CCOc1ccc(C(=O)COC(=O)/C=C/c2cc(OC)cc(OC)c2)cc1. The number of methoxy groups -OCH3 is 2. The Bertz CT molecular complexity index is 786. The van der Waals surface area contributed by atoms with Crippen LogP contribution in [0.4, 0.5) is 0 Å². The van der Waals surface area contributed by atoms with E-state index in [1.54, 1.807) is 62.8 Å². The summed E-state index contributed by atoms with van der Waals surface area (Å²) in [5, 5.41) is 0. The molecule has 0 amide bonds. The third-order valence-electron chi connectivity index (χ3n) is 3.62. The first-order valence-corrected chi connectivity index (χ1v) is 8.39. The van der Waals surface area contributed by atoms with Crippen LogP contribution in [0.25, 0.3) is 6.08 Å². The molecule has 2 rings (SSSR count). The van der Waals surface area contributed by atoms with Gasteiger partial charge in [-0.05, 0) is 55.0 Å². The van der Waals surface area contributed by atoms with Gasteiger partial charge in [0, 0.05) is 17.7 Å². The first kappa shape index (κ1) is 20.0. The summed E-state index contributed by atoms with van der Waals surface area (Å²) in [5.74, 6) is 0.989. The number of hydrogen-bond acceptors (Lipinski definition) is 6. The van der Waals surface area contributed by atoms with Crippen LogP contribution in [-0.4, -0.2) is 39.2 Å². The zero-order chi connectivity index (χ0) is 19.6. The van der Waals surface area contributed by atoms with Gasteiger partial charge < -0.3 is 18.9 Å². The zero-order valence-electron chi connectivity index (χ0n) is 15.6. The molecule has 2 aromatic rings. The van der Waals surface area contributed by atoms with E-state index < -0.39 is 5.97 Å². The van der Waals surface area contributed by atoms with Gasteiger partial charge in [-0.25, -0.2) is 4.79 Å². The van der Waals surface area contributed by atoms with E-state index in [4.69, 9.17) is 18.9 Å². The molecule has 2 aromatic carbocycles. The molecule has 0 saturated carbocycles. The van der Waals surface area contributed by atoms with E-state index in [2.05, 4.69) is 0 Å². The van der Waals surface area contributed by atoms with Crippen LogP contribution in [0.3, 0.4) is 0 Å². The molecule has 0 radical (unpaired) electrons. The lowest BCUT2D eigenvalue weighted by atomic mass is 10.1. The van der Waals surface area contributed by atoms with E-state index >= 15 is 0 Å². The lowest BCUT2D eigenvalue weighted by Crippen LogP contribution is -2.12. The van der Waals surface area contributed by atoms with Crippen LogP contribution >= 0.6 is 0 Å². The summed E-state index contributed by atoms with van der Waals surface area (Å²) in [7, 11) is 3.09. The maximum absolute atomic E-state index is 12.1. The number of carbonyl (C=O) groups is 2. The number of hydrogen-bond donors (Lipinski definition) is 0. The van der Waals surface area contributed by atoms with Crippen LogP contribution < -0.4 is 14.2 Å². The van der Waals surface area contributed by atoms with Gasteiger partial charge in [-0.3, -0.25) is 4.79 Å². The summed E-state index contributed by atoms with van der Waals surface area (Å²) in [6, 6.07) is 11.9. The highest BCUT2D eigenvalue weighted by atomic mass is 16.5. The van der Waals surface area contributed by atoms with Gasteiger partial charge in [-0.2, -0.15) is 0 Å². The molecule has 0 N–H and O–H groups in total. The number of Topliss-reactive ketones (excluding diaryl/α,β-unsaturated/α-hetero) is 1. The molecule has 0 unspecified atom stereocenters. The van der Waals surface area contributed by atoms with Gasteiger partial charge in [0.15, 0.2) is 12.4 Å². The lowest BCUT2D eigenvalue weighted by molar-refractivity contribution is -0.136. The molecule has 0 saturated heterocycles. The van der Waals surface area contributed by atoms with Crippen molar-refractivity contribution in [3.05, 3.63) is 59.7 Å². The monoisotopic (exact) mass is 370 g/mol. The van der Waals surface area contributed by atoms with E-state index in [1.807, 2.05) is 6.92 Å². The molecule has 0 heterocycles. The fraction of sp³-hybridized carbons (Fsp3) is 0.238. The number of rotatable bonds is 9. The molecule has 0 atom stereocenters. The normalized spacial score (nSPS) is 10.5. The standard InChI is InChI=1S/C21H22O6/c1-4-26-17-8-6-16(7-9-17)20(22)14-27-21(23)10-5-15-11-18(24-2)13-19(12-15)25-3/h5-13H,4,14H2,1-3H3/b10-5+. The van der Waals surface area contributed by atoms with Crippen molar-refractivity contribution in [3.8, 4) is 17.2 Å². The minimum Gasteiger partial charge on any atom is -0.497 e. The summed E-state index contributed by atoms with van der Waals surface area (Å²) in [5.41, 5.74) is 1.16. The average Bonchev–Trinajstić information content (AvgIpc) is 2.70. The van der Waals surface area contributed by atoms with E-state index in [0.29, 0.717) is 35.0 Å². The largest absolute Gasteiger partial charge is 0.497 e. The van der Waals surface area contributed by atoms with Crippen LogP contribution in [0, 0.1) is 0 Å². The molecule has 6 heteroatoms. The Morgan fingerprint density at radius 3 is 2.11 bits per heavy atom. The molecule has 142 valence electrons. The quantitative estimate of drug-likeness (QED) is 0.382. The number of ether oxygens (including phenoxy) is 4. The van der Waals surface area contributed by atoms with Crippen LogP contribution in [0.1, 0.15) is 22.8 Å². The molecule has 6 nitrogen and oxygen atoms in total. The predicted octanol–water partition coefficient (Wildman–Crippen LogP) is 3.54. The Labute approximate surface area is 158 Å². The molecule has 0 aliphatic carbocycles. The molecular formula is C21H22O6. The van der Waals surface area contributed by atoms with Gasteiger partial charge in [-0.1, -0.05) is 0 Å². The second kappa shape index (κ2) is 10.0. The number of ketones is 1. The Balaban J connectivity index is 1.91. The Hall–Kier alpha value is -3.28. The van der Waals surface area contributed by atoms with E-state index in [1.165, 1.54) is 6.08 Å². The maximum Gasteiger partial charge on any atom is 0.331 e. The lowest BCUT2D eigenvalue weighted by Gasteiger charge is -2.06. The fourth-order valence-electron chi connectivity index (χ4n) is 2.26. The van der Waals surface area contributed by atoms with Gasteiger partial charge in [0.25, 0.3) is 0 Å². The van der Waals surface area contributed by atoms with Crippen molar-refractivity contribution in [1.82, 2.24) is 0 Å². The van der Waals surface area contributed by atoms with Crippen molar-refractivity contribution in [1.29, 1.82) is 0 Å². The van der Waals surface area contributed by atoms with E-state index in [0.717, 1.165) is 0 Å². The third-order valence-corrected chi connectivity index (χ3v) is 3.62. The molecule has 0 bridgehead atoms. The topological polar surface area (TPSA) is 71.1 Å². The smallest absolute Gasteiger partial charge is 0.331 e. The second-order valence-corrected chi connectivity index (χ2v) is 5.47. The number of carbonyl (C=O) groups excluding carboxylic acids is 2. The summed E-state index contributed by atoms with van der Waals surface area (Å²) in [6.45, 7) is 2.10. The van der Waals surface area contributed by atoms with Gasteiger partial charge in [0.1, 0.15) is 17.2 Å². The molecule has 0 aliphatic heterocycles. The minimum atomic E-state index is -0.615. The summed E-state index contributed by atoms with van der Waals surface area (Å²) in [4.78, 5) is 23.9. The molecule has 0 spiro atoms. The van der Waals surface area contributed by atoms with Gasteiger partial charge in [0.05, 0.1) is 20.8 Å². The number of esters is 1. The first-order chi connectivity index (χ1) is 13.0. The molecular weight excluding hydrogens is 348 g/mol.